The lowest BCUT2D eigenvalue weighted by molar-refractivity contribution is 0.602. The molecular formula is C13H16FN3. The molecule has 0 saturated heterocycles. The van der Waals surface area contributed by atoms with E-state index in [2.05, 4.69) is 11.9 Å². The van der Waals surface area contributed by atoms with E-state index in [0.29, 0.717) is 17.7 Å². The van der Waals surface area contributed by atoms with Crippen LogP contribution in [0.3, 0.4) is 0 Å². The van der Waals surface area contributed by atoms with Crippen LogP contribution in [0, 0.1) is 5.82 Å². The van der Waals surface area contributed by atoms with Gasteiger partial charge in [0.1, 0.15) is 11.6 Å². The second-order valence-corrected chi connectivity index (χ2v) is 4.06. The lowest BCUT2D eigenvalue weighted by Gasteiger charge is -2.07. The molecule has 0 unspecified atom stereocenters. The largest absolute Gasteiger partial charge is 0.399 e. The van der Waals surface area contributed by atoms with Crippen molar-refractivity contribution in [2.24, 2.45) is 0 Å². The first-order chi connectivity index (χ1) is 8.20. The SMILES string of the molecule is CCCn1ccnc1Cc1cc(N)ccc1F. The summed E-state index contributed by atoms with van der Waals surface area (Å²) < 4.78 is 15.6. The van der Waals surface area contributed by atoms with Crippen molar-refractivity contribution in [3.8, 4) is 0 Å². The first-order valence-corrected chi connectivity index (χ1v) is 5.74. The van der Waals surface area contributed by atoms with Gasteiger partial charge in [0.25, 0.3) is 0 Å². The molecule has 3 nitrogen and oxygen atoms in total. The normalized spacial score (nSPS) is 10.7. The number of nitrogen functional groups attached to an aromatic ring is 1. The van der Waals surface area contributed by atoms with E-state index in [1.807, 2.05) is 10.8 Å². The molecule has 17 heavy (non-hydrogen) atoms. The van der Waals surface area contributed by atoms with Crippen LogP contribution in [-0.2, 0) is 13.0 Å². The number of benzene rings is 1. The van der Waals surface area contributed by atoms with Crippen molar-refractivity contribution < 1.29 is 4.39 Å². The summed E-state index contributed by atoms with van der Waals surface area (Å²) in [5.74, 6) is 0.640. The third kappa shape index (κ3) is 2.64. The minimum atomic E-state index is -0.231. The van der Waals surface area contributed by atoms with Crippen LogP contribution in [0.25, 0.3) is 0 Å². The summed E-state index contributed by atoms with van der Waals surface area (Å²) in [6.07, 6.45) is 5.17. The highest BCUT2D eigenvalue weighted by Crippen LogP contribution is 2.16. The maximum Gasteiger partial charge on any atom is 0.127 e. The van der Waals surface area contributed by atoms with Crippen molar-refractivity contribution in [2.75, 3.05) is 5.73 Å². The zero-order chi connectivity index (χ0) is 12.3. The van der Waals surface area contributed by atoms with Crippen LogP contribution < -0.4 is 5.73 Å². The Bertz CT molecular complexity index is 505. The van der Waals surface area contributed by atoms with Crippen LogP contribution in [0.4, 0.5) is 10.1 Å². The predicted octanol–water partition coefficient (Wildman–Crippen LogP) is 2.61. The Morgan fingerprint density at radius 1 is 1.41 bits per heavy atom. The topological polar surface area (TPSA) is 43.8 Å². The molecule has 1 aromatic carbocycles. The maximum absolute atomic E-state index is 13.6. The van der Waals surface area contributed by atoms with Crippen LogP contribution in [-0.4, -0.2) is 9.55 Å². The highest BCUT2D eigenvalue weighted by Gasteiger charge is 2.08. The van der Waals surface area contributed by atoms with E-state index in [4.69, 9.17) is 5.73 Å². The Morgan fingerprint density at radius 3 is 3.00 bits per heavy atom. The van der Waals surface area contributed by atoms with E-state index in [-0.39, 0.29) is 5.82 Å². The average Bonchev–Trinajstić information content (AvgIpc) is 2.72. The van der Waals surface area contributed by atoms with E-state index in [1.165, 1.54) is 6.07 Å². The first kappa shape index (κ1) is 11.6. The molecule has 0 amide bonds. The van der Waals surface area contributed by atoms with Crippen molar-refractivity contribution in [2.45, 2.75) is 26.3 Å². The quantitative estimate of drug-likeness (QED) is 0.825. The Balaban J connectivity index is 2.25. The molecule has 4 heteroatoms. The number of imidazole rings is 1. The molecule has 2 N–H and O–H groups in total. The lowest BCUT2D eigenvalue weighted by atomic mass is 10.1. The number of aromatic nitrogens is 2. The molecule has 0 saturated carbocycles. The van der Waals surface area contributed by atoms with Gasteiger partial charge in [-0.2, -0.15) is 0 Å². The number of nitrogens with zero attached hydrogens (tertiary/aromatic N) is 2. The second kappa shape index (κ2) is 4.99. The number of nitrogens with two attached hydrogens (primary N) is 1. The van der Waals surface area contributed by atoms with Gasteiger partial charge in [-0.15, -0.1) is 0 Å². The highest BCUT2D eigenvalue weighted by atomic mass is 19.1. The number of anilines is 1. The summed E-state index contributed by atoms with van der Waals surface area (Å²) in [4.78, 5) is 4.26. The van der Waals surface area contributed by atoms with Crippen molar-refractivity contribution in [1.29, 1.82) is 0 Å². The molecule has 0 aliphatic heterocycles. The summed E-state index contributed by atoms with van der Waals surface area (Å²) in [5.41, 5.74) is 6.83. The summed E-state index contributed by atoms with van der Waals surface area (Å²) in [6.45, 7) is 3.00. The van der Waals surface area contributed by atoms with E-state index < -0.39 is 0 Å². The zero-order valence-corrected chi connectivity index (χ0v) is 9.86. The minimum absolute atomic E-state index is 0.231. The van der Waals surface area contributed by atoms with Gasteiger partial charge in [0.2, 0.25) is 0 Å². The van der Waals surface area contributed by atoms with Gasteiger partial charge >= 0.3 is 0 Å². The molecule has 90 valence electrons. The van der Waals surface area contributed by atoms with Crippen molar-refractivity contribution >= 4 is 5.69 Å². The fraction of sp³-hybridized carbons (Fsp3) is 0.308. The number of hydrogen-bond donors (Lipinski definition) is 1. The Kier molecular flexibility index (Phi) is 3.42. The molecule has 0 radical (unpaired) electrons. The third-order valence-corrected chi connectivity index (χ3v) is 2.68. The van der Waals surface area contributed by atoms with Crippen molar-refractivity contribution in [3.05, 3.63) is 47.8 Å². The Morgan fingerprint density at radius 2 is 2.24 bits per heavy atom. The molecule has 1 aromatic heterocycles. The Hall–Kier alpha value is -1.84. The van der Waals surface area contributed by atoms with Crippen LogP contribution >= 0.6 is 0 Å². The van der Waals surface area contributed by atoms with E-state index >= 15 is 0 Å². The average molecular weight is 233 g/mol. The highest BCUT2D eigenvalue weighted by molar-refractivity contribution is 5.42. The fourth-order valence-electron chi connectivity index (χ4n) is 1.85. The van der Waals surface area contributed by atoms with Crippen molar-refractivity contribution in [3.63, 3.8) is 0 Å². The molecule has 0 spiro atoms. The van der Waals surface area contributed by atoms with Gasteiger partial charge in [0.05, 0.1) is 0 Å². The van der Waals surface area contributed by atoms with Gasteiger partial charge in [0, 0.05) is 31.0 Å². The molecule has 0 aliphatic rings. The van der Waals surface area contributed by atoms with Gasteiger partial charge in [-0.25, -0.2) is 9.37 Å². The third-order valence-electron chi connectivity index (χ3n) is 2.68. The standard InChI is InChI=1S/C13H16FN3/c1-2-6-17-7-5-16-13(17)9-10-8-11(15)3-4-12(10)14/h3-5,7-8H,2,6,9,15H2,1H3. The summed E-state index contributed by atoms with van der Waals surface area (Å²) in [7, 11) is 0. The fourth-order valence-corrected chi connectivity index (χ4v) is 1.85. The van der Waals surface area contributed by atoms with Gasteiger partial charge in [-0.1, -0.05) is 6.92 Å². The summed E-state index contributed by atoms with van der Waals surface area (Å²) in [6, 6.07) is 4.63. The monoisotopic (exact) mass is 233 g/mol. The molecular weight excluding hydrogens is 217 g/mol. The number of halogens is 1. The van der Waals surface area contributed by atoms with E-state index in [9.17, 15) is 4.39 Å². The first-order valence-electron chi connectivity index (χ1n) is 5.74. The van der Waals surface area contributed by atoms with Gasteiger partial charge in [-0.3, -0.25) is 0 Å². The van der Waals surface area contributed by atoms with Gasteiger partial charge in [-0.05, 0) is 30.2 Å². The van der Waals surface area contributed by atoms with Crippen LogP contribution in [0.1, 0.15) is 24.7 Å². The van der Waals surface area contributed by atoms with Crippen molar-refractivity contribution in [1.82, 2.24) is 9.55 Å². The zero-order valence-electron chi connectivity index (χ0n) is 9.86. The molecule has 2 rings (SSSR count). The molecule has 0 bridgehead atoms. The second-order valence-electron chi connectivity index (χ2n) is 4.06. The number of rotatable bonds is 4. The molecule has 0 aliphatic carbocycles. The number of hydrogen-bond acceptors (Lipinski definition) is 2. The smallest absolute Gasteiger partial charge is 0.127 e. The van der Waals surface area contributed by atoms with E-state index in [0.717, 1.165) is 18.8 Å². The molecule has 0 fully saturated rings. The summed E-state index contributed by atoms with van der Waals surface area (Å²) in [5, 5.41) is 0. The lowest BCUT2D eigenvalue weighted by Crippen LogP contribution is -2.05. The molecule has 2 aromatic rings. The maximum atomic E-state index is 13.6. The summed E-state index contributed by atoms with van der Waals surface area (Å²) >= 11 is 0. The van der Waals surface area contributed by atoms with E-state index in [1.54, 1.807) is 18.3 Å². The molecule has 0 atom stereocenters. The van der Waals surface area contributed by atoms with Gasteiger partial charge < -0.3 is 10.3 Å². The van der Waals surface area contributed by atoms with Crippen LogP contribution in [0.2, 0.25) is 0 Å². The Labute approximate surface area is 100 Å². The number of aryl methyl sites for hydroxylation is 1. The molecule has 1 heterocycles. The predicted molar refractivity (Wildman–Crippen MR) is 66.1 cm³/mol. The minimum Gasteiger partial charge on any atom is -0.399 e. The van der Waals surface area contributed by atoms with Crippen LogP contribution in [0.5, 0.6) is 0 Å². The van der Waals surface area contributed by atoms with Crippen LogP contribution in [0.15, 0.2) is 30.6 Å². The van der Waals surface area contributed by atoms with Gasteiger partial charge in [0.15, 0.2) is 0 Å².